The van der Waals surface area contributed by atoms with Crippen molar-refractivity contribution in [2.24, 2.45) is 18.9 Å². The van der Waals surface area contributed by atoms with Crippen LogP contribution in [0.25, 0.3) is 0 Å². The minimum atomic E-state index is -2.46. The van der Waals surface area contributed by atoms with E-state index in [1.165, 1.54) is 5.69 Å². The average Bonchev–Trinajstić information content (AvgIpc) is 3.39. The molecule has 3 aliphatic rings. The number of aryl methyl sites for hydroxylation is 2. The van der Waals surface area contributed by atoms with Crippen LogP contribution in [0.2, 0.25) is 0 Å². The molecule has 0 amide bonds. The first kappa shape index (κ1) is 19.8. The van der Waals surface area contributed by atoms with Gasteiger partial charge in [0.05, 0.1) is 48.5 Å². The van der Waals surface area contributed by atoms with Crippen LogP contribution in [-0.2, 0) is 26.6 Å². The molecule has 32 heavy (non-hydrogen) atoms. The number of halogens is 2. The maximum Gasteiger partial charge on any atom is 0.258 e. The first-order valence-corrected chi connectivity index (χ1v) is 11.2. The number of pyridine rings is 1. The predicted octanol–water partition coefficient (Wildman–Crippen LogP) is 2.85. The number of hydrogen-bond acceptors (Lipinski definition) is 5. The Morgan fingerprint density at radius 2 is 1.97 bits per heavy atom. The topological polar surface area (TPSA) is 63.8 Å². The molecule has 3 aromatic rings. The van der Waals surface area contributed by atoms with Gasteiger partial charge in [-0.1, -0.05) is 6.07 Å². The first-order chi connectivity index (χ1) is 15.4. The van der Waals surface area contributed by atoms with Crippen molar-refractivity contribution in [3.63, 3.8) is 0 Å². The van der Waals surface area contributed by atoms with Crippen molar-refractivity contribution in [2.75, 3.05) is 18.0 Å². The van der Waals surface area contributed by atoms with Crippen LogP contribution in [0.4, 0.5) is 14.6 Å². The number of anilines is 1. The van der Waals surface area contributed by atoms with Crippen molar-refractivity contribution >= 4 is 5.82 Å². The van der Waals surface area contributed by atoms with Crippen LogP contribution >= 0.6 is 0 Å². The summed E-state index contributed by atoms with van der Waals surface area (Å²) in [7, 11) is 2.05. The Bertz CT molecular complexity index is 1150. The van der Waals surface area contributed by atoms with Crippen LogP contribution in [0.1, 0.15) is 40.8 Å². The van der Waals surface area contributed by atoms with E-state index in [-0.39, 0.29) is 6.04 Å². The third-order valence-corrected chi connectivity index (χ3v) is 7.36. The lowest BCUT2D eigenvalue weighted by molar-refractivity contribution is 0.0797. The second-order valence-electron chi connectivity index (χ2n) is 9.40. The first-order valence-electron chi connectivity index (χ1n) is 11.2. The number of imidazole rings is 2. The van der Waals surface area contributed by atoms with E-state index in [0.717, 1.165) is 41.3 Å². The molecule has 1 saturated carbocycles. The summed E-state index contributed by atoms with van der Waals surface area (Å²) in [6.07, 6.45) is 7.92. The summed E-state index contributed by atoms with van der Waals surface area (Å²) in [6.45, 7) is 4.17. The fourth-order valence-corrected chi connectivity index (χ4v) is 5.31. The number of piperidine rings is 1. The predicted molar refractivity (Wildman–Crippen MR) is 116 cm³/mol. The molecule has 9 heteroatoms. The van der Waals surface area contributed by atoms with E-state index in [2.05, 4.69) is 36.7 Å². The van der Waals surface area contributed by atoms with Gasteiger partial charge < -0.3 is 19.4 Å². The molecule has 2 unspecified atom stereocenters. The van der Waals surface area contributed by atoms with E-state index >= 15 is 0 Å². The minimum Gasteiger partial charge on any atom is -0.356 e. The van der Waals surface area contributed by atoms with Crippen molar-refractivity contribution in [1.29, 1.82) is 0 Å². The van der Waals surface area contributed by atoms with Crippen LogP contribution in [0.3, 0.4) is 0 Å². The quantitative estimate of drug-likeness (QED) is 0.640. The van der Waals surface area contributed by atoms with Crippen molar-refractivity contribution in [3.05, 3.63) is 59.3 Å². The molecule has 6 rings (SSSR count). The lowest BCUT2D eigenvalue weighted by Gasteiger charge is -2.21. The number of aromatic nitrogens is 5. The van der Waals surface area contributed by atoms with E-state index < -0.39 is 17.8 Å². The fraction of sp³-hybridized carbons (Fsp3) is 0.522. The van der Waals surface area contributed by atoms with Gasteiger partial charge >= 0.3 is 0 Å². The molecular weight excluding hydrogens is 412 g/mol. The highest BCUT2D eigenvalue weighted by molar-refractivity contribution is 5.45. The molecule has 7 nitrogen and oxygen atoms in total. The summed E-state index contributed by atoms with van der Waals surface area (Å²) < 4.78 is 31.1. The van der Waals surface area contributed by atoms with Gasteiger partial charge in [0.2, 0.25) is 0 Å². The van der Waals surface area contributed by atoms with Gasteiger partial charge in [0.25, 0.3) is 5.92 Å². The smallest absolute Gasteiger partial charge is 0.258 e. The molecule has 0 aromatic carbocycles. The summed E-state index contributed by atoms with van der Waals surface area (Å²) in [5.41, 5.74) is 5.51. The summed E-state index contributed by atoms with van der Waals surface area (Å²) in [6, 6.07) is 4.29. The standard InChI is InChI=1S/C23H27F2N7/c1-14-15(3-6-21(29-14)32-10-17-18(11-32)23(17,24)25)8-31-9-16(27-13-31)7-26-19-4-5-20-22(19)28-12-30(20)2/h3,6,9,12-13,17-19,26H,4-5,7-8,10-11H2,1-2H3/t17?,18?,19-/m1/s1. The monoisotopic (exact) mass is 439 g/mol. The molecule has 168 valence electrons. The Labute approximate surface area is 185 Å². The SMILES string of the molecule is Cc1nc(N2CC3C(C2)C3(F)F)ccc1Cn1cnc(CN[C@@H]2CCc3c2ncn3C)c1. The van der Waals surface area contributed by atoms with Crippen molar-refractivity contribution < 1.29 is 8.78 Å². The number of nitrogens with zero attached hydrogens (tertiary/aromatic N) is 6. The Hall–Kier alpha value is -2.81. The fourth-order valence-electron chi connectivity index (χ4n) is 5.31. The molecule has 0 radical (unpaired) electrons. The second kappa shape index (κ2) is 7.10. The van der Waals surface area contributed by atoms with E-state index in [9.17, 15) is 8.78 Å². The average molecular weight is 440 g/mol. The highest BCUT2D eigenvalue weighted by atomic mass is 19.3. The second-order valence-corrected chi connectivity index (χ2v) is 9.40. The van der Waals surface area contributed by atoms with Gasteiger partial charge in [-0.15, -0.1) is 0 Å². The maximum atomic E-state index is 13.5. The normalized spacial score (nSPS) is 25.2. The number of nitrogens with one attached hydrogen (secondary N) is 1. The van der Waals surface area contributed by atoms with E-state index in [4.69, 9.17) is 4.98 Å². The zero-order valence-corrected chi connectivity index (χ0v) is 18.3. The Morgan fingerprint density at radius 3 is 2.75 bits per heavy atom. The third-order valence-electron chi connectivity index (χ3n) is 7.36. The summed E-state index contributed by atoms with van der Waals surface area (Å²) >= 11 is 0. The maximum absolute atomic E-state index is 13.5. The van der Waals surface area contributed by atoms with Crippen LogP contribution < -0.4 is 10.2 Å². The Balaban J connectivity index is 1.07. The summed E-state index contributed by atoms with van der Waals surface area (Å²) in [4.78, 5) is 15.8. The largest absolute Gasteiger partial charge is 0.356 e. The molecule has 0 bridgehead atoms. The van der Waals surface area contributed by atoms with Gasteiger partial charge in [-0.3, -0.25) is 0 Å². The van der Waals surface area contributed by atoms with Crippen LogP contribution in [0, 0.1) is 18.8 Å². The van der Waals surface area contributed by atoms with Gasteiger partial charge in [0.1, 0.15) is 5.82 Å². The van der Waals surface area contributed by atoms with Gasteiger partial charge in [0, 0.05) is 44.3 Å². The van der Waals surface area contributed by atoms with Crippen LogP contribution in [-0.4, -0.2) is 43.1 Å². The van der Waals surface area contributed by atoms with Crippen molar-refractivity contribution in [1.82, 2.24) is 29.4 Å². The van der Waals surface area contributed by atoms with Crippen LogP contribution in [0.15, 0.2) is 31.0 Å². The zero-order chi connectivity index (χ0) is 22.0. The highest BCUT2D eigenvalue weighted by Crippen LogP contribution is 2.59. The van der Waals surface area contributed by atoms with Crippen molar-refractivity contribution in [2.45, 2.75) is 44.8 Å². The Morgan fingerprint density at radius 1 is 1.16 bits per heavy atom. The van der Waals surface area contributed by atoms with Crippen LogP contribution in [0.5, 0.6) is 0 Å². The van der Waals surface area contributed by atoms with Gasteiger partial charge in [-0.2, -0.15) is 0 Å². The van der Waals surface area contributed by atoms with Gasteiger partial charge in [-0.25, -0.2) is 23.7 Å². The molecule has 2 fully saturated rings. The molecule has 0 spiro atoms. The number of alkyl halides is 2. The molecule has 3 atom stereocenters. The molecule has 2 aliphatic carbocycles. The molecule has 1 saturated heterocycles. The summed E-state index contributed by atoms with van der Waals surface area (Å²) in [5, 5.41) is 3.58. The van der Waals surface area contributed by atoms with Gasteiger partial charge in [-0.05, 0) is 31.4 Å². The molecular formula is C23H27F2N7. The van der Waals surface area contributed by atoms with Crippen molar-refractivity contribution in [3.8, 4) is 0 Å². The summed E-state index contributed by atoms with van der Waals surface area (Å²) in [5.74, 6) is -2.64. The molecule has 1 aliphatic heterocycles. The lowest BCUT2D eigenvalue weighted by atomic mass is 10.2. The third kappa shape index (κ3) is 3.21. The van der Waals surface area contributed by atoms with E-state index in [1.807, 2.05) is 37.6 Å². The number of rotatable bonds is 6. The molecule has 1 N–H and O–H groups in total. The van der Waals surface area contributed by atoms with E-state index in [1.54, 1.807) is 0 Å². The number of fused-ring (bicyclic) bond motifs is 2. The van der Waals surface area contributed by atoms with E-state index in [0.29, 0.717) is 26.2 Å². The Kier molecular flexibility index (Phi) is 4.40. The number of hydrogen-bond donors (Lipinski definition) is 1. The minimum absolute atomic E-state index is 0.284. The zero-order valence-electron chi connectivity index (χ0n) is 18.3. The molecule has 4 heterocycles. The highest BCUT2D eigenvalue weighted by Gasteiger charge is 2.71. The van der Waals surface area contributed by atoms with Gasteiger partial charge in [0.15, 0.2) is 0 Å². The molecule has 3 aromatic heterocycles. The lowest BCUT2D eigenvalue weighted by Crippen LogP contribution is -2.28.